The zero-order valence-corrected chi connectivity index (χ0v) is 13.6. The number of amides is 2. The van der Waals surface area contributed by atoms with E-state index in [1.54, 1.807) is 41.2 Å². The fourth-order valence-electron chi connectivity index (χ4n) is 2.37. The number of β-lactam (4-membered cyclic amide) rings is 1. The van der Waals surface area contributed by atoms with Crippen LogP contribution in [0.2, 0.25) is 0 Å². The first-order valence-electron chi connectivity index (χ1n) is 7.02. The lowest BCUT2D eigenvalue weighted by Gasteiger charge is -2.40. The van der Waals surface area contributed by atoms with Gasteiger partial charge >= 0.3 is 0 Å². The molecule has 4 rings (SSSR count). The Labute approximate surface area is 140 Å². The van der Waals surface area contributed by atoms with Crippen molar-refractivity contribution in [3.63, 3.8) is 0 Å². The van der Waals surface area contributed by atoms with Gasteiger partial charge < -0.3 is 4.90 Å². The predicted molar refractivity (Wildman–Crippen MR) is 90.0 cm³/mol. The van der Waals surface area contributed by atoms with Gasteiger partial charge in [0.15, 0.2) is 5.13 Å². The number of fused-ring (bicyclic) bond motifs is 1. The molecular formula is C15H12N4O2S2. The minimum absolute atomic E-state index is 0.161. The Kier molecular flexibility index (Phi) is 3.62. The van der Waals surface area contributed by atoms with Gasteiger partial charge in [-0.25, -0.2) is 4.98 Å². The maximum absolute atomic E-state index is 12.1. The highest BCUT2D eigenvalue weighted by atomic mass is 32.2. The average Bonchev–Trinajstić information content (AvgIpc) is 3.03. The summed E-state index contributed by atoms with van der Waals surface area (Å²) in [5.41, 5.74) is 1.56. The van der Waals surface area contributed by atoms with Gasteiger partial charge in [-0.1, -0.05) is 11.3 Å². The number of nitrogens with one attached hydrogen (secondary N) is 1. The van der Waals surface area contributed by atoms with Crippen molar-refractivity contribution >= 4 is 45.6 Å². The second kappa shape index (κ2) is 5.78. The van der Waals surface area contributed by atoms with Crippen LogP contribution in [0.5, 0.6) is 0 Å². The van der Waals surface area contributed by atoms with Gasteiger partial charge in [0.25, 0.3) is 5.91 Å². The van der Waals surface area contributed by atoms with Crippen molar-refractivity contribution in [2.24, 2.45) is 0 Å². The summed E-state index contributed by atoms with van der Waals surface area (Å²) in [5.74, 6) is 0.783. The van der Waals surface area contributed by atoms with E-state index < -0.39 is 0 Å². The molecule has 0 bridgehead atoms. The third-order valence-electron chi connectivity index (χ3n) is 3.64. The van der Waals surface area contributed by atoms with Crippen molar-refractivity contribution in [2.75, 3.05) is 11.1 Å². The Hall–Kier alpha value is -2.19. The first-order chi connectivity index (χ1) is 11.2. The van der Waals surface area contributed by atoms with Gasteiger partial charge in [0, 0.05) is 30.5 Å². The van der Waals surface area contributed by atoms with E-state index in [0.717, 1.165) is 16.2 Å². The Bertz CT molecular complexity index is 803. The smallest absolute Gasteiger partial charge is 0.259 e. The molecular weight excluding hydrogens is 332 g/mol. The lowest BCUT2D eigenvalue weighted by molar-refractivity contribution is -0.137. The standard InChI is InChI=1S/C15H12N4O2S2/c20-12-4-13-19(12)7-10(8-22-13)11-6-17-15(23-11)18-14(21)9-2-1-3-16-5-9/h1-3,5-7,13H,4,8H2,(H,17,18,21). The molecule has 1 N–H and O–H groups in total. The Morgan fingerprint density at radius 1 is 1.39 bits per heavy atom. The summed E-state index contributed by atoms with van der Waals surface area (Å²) in [5, 5.41) is 3.61. The number of hydrogen-bond acceptors (Lipinski definition) is 6. The van der Waals surface area contributed by atoms with Crippen LogP contribution in [-0.2, 0) is 4.79 Å². The number of aromatic nitrogens is 2. The number of rotatable bonds is 3. The summed E-state index contributed by atoms with van der Waals surface area (Å²) in [7, 11) is 0. The lowest BCUT2D eigenvalue weighted by atomic mass is 10.2. The molecule has 23 heavy (non-hydrogen) atoms. The number of carbonyl (C=O) groups is 2. The molecule has 8 heteroatoms. The average molecular weight is 344 g/mol. The molecule has 0 saturated carbocycles. The number of thioether (sulfide) groups is 1. The van der Waals surface area contributed by atoms with Crippen LogP contribution in [0.25, 0.3) is 5.57 Å². The second-order valence-corrected chi connectivity index (χ2v) is 7.35. The monoisotopic (exact) mass is 344 g/mol. The van der Waals surface area contributed by atoms with E-state index in [4.69, 9.17) is 0 Å². The summed E-state index contributed by atoms with van der Waals surface area (Å²) in [6, 6.07) is 3.42. The lowest BCUT2D eigenvalue weighted by Crippen LogP contribution is -2.48. The van der Waals surface area contributed by atoms with Crippen molar-refractivity contribution in [3.8, 4) is 0 Å². The summed E-state index contributed by atoms with van der Waals surface area (Å²) >= 11 is 3.17. The molecule has 116 valence electrons. The van der Waals surface area contributed by atoms with Crippen LogP contribution in [0.15, 0.2) is 36.9 Å². The van der Waals surface area contributed by atoms with E-state index >= 15 is 0 Å². The Morgan fingerprint density at radius 3 is 3.09 bits per heavy atom. The third-order valence-corrected chi connectivity index (χ3v) is 5.88. The van der Waals surface area contributed by atoms with Gasteiger partial charge in [0.1, 0.15) is 0 Å². The van der Waals surface area contributed by atoms with Gasteiger partial charge in [-0.2, -0.15) is 0 Å². The fraction of sp³-hybridized carbons (Fsp3) is 0.200. The van der Waals surface area contributed by atoms with Crippen LogP contribution in [-0.4, -0.2) is 37.8 Å². The quantitative estimate of drug-likeness (QED) is 0.866. The Morgan fingerprint density at radius 2 is 2.30 bits per heavy atom. The molecule has 0 aliphatic carbocycles. The molecule has 4 heterocycles. The molecule has 2 aromatic rings. The van der Waals surface area contributed by atoms with Gasteiger partial charge in [-0.05, 0) is 17.7 Å². The zero-order valence-electron chi connectivity index (χ0n) is 11.9. The van der Waals surface area contributed by atoms with Crippen molar-refractivity contribution in [3.05, 3.63) is 47.4 Å². The highest BCUT2D eigenvalue weighted by molar-refractivity contribution is 8.00. The Balaban J connectivity index is 1.49. The van der Waals surface area contributed by atoms with E-state index in [0.29, 0.717) is 22.5 Å². The molecule has 2 aliphatic rings. The first kappa shape index (κ1) is 14.4. The van der Waals surface area contributed by atoms with Crippen LogP contribution in [0, 0.1) is 0 Å². The summed E-state index contributed by atoms with van der Waals surface area (Å²) in [4.78, 5) is 34.6. The van der Waals surface area contributed by atoms with E-state index in [-0.39, 0.29) is 11.8 Å². The van der Waals surface area contributed by atoms with Crippen LogP contribution < -0.4 is 5.32 Å². The zero-order chi connectivity index (χ0) is 15.8. The molecule has 1 unspecified atom stereocenters. The molecule has 0 spiro atoms. The molecule has 1 fully saturated rings. The number of anilines is 1. The molecule has 1 saturated heterocycles. The van der Waals surface area contributed by atoms with Crippen LogP contribution in [0.3, 0.4) is 0 Å². The van der Waals surface area contributed by atoms with Crippen LogP contribution in [0.4, 0.5) is 5.13 Å². The van der Waals surface area contributed by atoms with E-state index in [9.17, 15) is 9.59 Å². The maximum Gasteiger partial charge on any atom is 0.259 e. The van der Waals surface area contributed by atoms with Crippen LogP contribution >= 0.6 is 23.1 Å². The minimum atomic E-state index is -0.232. The predicted octanol–water partition coefficient (Wildman–Crippen LogP) is 2.44. The number of pyridine rings is 1. The van der Waals surface area contributed by atoms with Crippen molar-refractivity contribution in [1.82, 2.24) is 14.9 Å². The topological polar surface area (TPSA) is 75.2 Å². The fourth-order valence-corrected chi connectivity index (χ4v) is 4.48. The van der Waals surface area contributed by atoms with Gasteiger partial charge in [-0.3, -0.25) is 19.9 Å². The minimum Gasteiger partial charge on any atom is -0.306 e. The van der Waals surface area contributed by atoms with Crippen molar-refractivity contribution in [2.45, 2.75) is 11.8 Å². The van der Waals surface area contributed by atoms with Crippen molar-refractivity contribution < 1.29 is 9.59 Å². The highest BCUT2D eigenvalue weighted by Crippen LogP contribution is 2.40. The van der Waals surface area contributed by atoms with Gasteiger partial charge in [0.2, 0.25) is 5.91 Å². The summed E-state index contributed by atoms with van der Waals surface area (Å²) < 4.78 is 0. The molecule has 0 aromatic carbocycles. The van der Waals surface area contributed by atoms with E-state index in [1.165, 1.54) is 17.5 Å². The highest BCUT2D eigenvalue weighted by Gasteiger charge is 2.38. The summed E-state index contributed by atoms with van der Waals surface area (Å²) in [6.07, 6.45) is 7.41. The number of hydrogen-bond donors (Lipinski definition) is 1. The molecule has 6 nitrogen and oxygen atoms in total. The third kappa shape index (κ3) is 2.75. The number of carbonyl (C=O) groups excluding carboxylic acids is 2. The largest absolute Gasteiger partial charge is 0.306 e. The molecule has 2 aromatic heterocycles. The molecule has 1 atom stereocenters. The maximum atomic E-state index is 12.1. The first-order valence-corrected chi connectivity index (χ1v) is 8.88. The summed E-state index contributed by atoms with van der Waals surface area (Å²) in [6.45, 7) is 0. The molecule has 0 radical (unpaired) electrons. The number of nitrogens with zero attached hydrogens (tertiary/aromatic N) is 3. The SMILES string of the molecule is O=C(Nc1ncc(C2=CN3C(=O)CC3SC2)s1)c1cccnc1. The number of thiazole rings is 1. The van der Waals surface area contributed by atoms with Crippen molar-refractivity contribution in [1.29, 1.82) is 0 Å². The normalized spacial score (nSPS) is 19.7. The van der Waals surface area contributed by atoms with Crippen LogP contribution in [0.1, 0.15) is 21.7 Å². The van der Waals surface area contributed by atoms with E-state index in [2.05, 4.69) is 15.3 Å². The van der Waals surface area contributed by atoms with Gasteiger partial charge in [-0.15, -0.1) is 11.8 Å². The van der Waals surface area contributed by atoms with E-state index in [1.807, 2.05) is 6.20 Å². The molecule has 2 amide bonds. The second-order valence-electron chi connectivity index (χ2n) is 5.15. The van der Waals surface area contributed by atoms with Gasteiger partial charge in [0.05, 0.1) is 22.2 Å². The molecule has 2 aliphatic heterocycles.